The summed E-state index contributed by atoms with van der Waals surface area (Å²) < 4.78 is 50.7. The van der Waals surface area contributed by atoms with Gasteiger partial charge in [-0.15, -0.1) is 11.3 Å². The number of amidine groups is 1. The van der Waals surface area contributed by atoms with Gasteiger partial charge in [-0.3, -0.25) is 14.7 Å². The van der Waals surface area contributed by atoms with Gasteiger partial charge < -0.3 is 20.1 Å². The fraction of sp³-hybridized carbons (Fsp3) is 0.500. The number of thiazole rings is 1. The van der Waals surface area contributed by atoms with E-state index >= 15 is 8.78 Å². The van der Waals surface area contributed by atoms with E-state index in [1.807, 2.05) is 0 Å². The third-order valence-electron chi connectivity index (χ3n) is 7.88. The lowest BCUT2D eigenvalue weighted by Crippen LogP contribution is -2.44. The number of carboxylic acid groups (broad SMARTS) is 1. The number of fused-ring (bicyclic) bond motifs is 1. The second-order valence-corrected chi connectivity index (χ2v) is 12.6. The maximum absolute atomic E-state index is 15.4. The molecule has 5 rings (SSSR count). The number of esters is 1. The van der Waals surface area contributed by atoms with Gasteiger partial charge in [-0.25, -0.2) is 22.9 Å². The number of carbonyl (C=O) groups is 2. The summed E-state index contributed by atoms with van der Waals surface area (Å²) in [7, 11) is 0. The molecule has 2 saturated heterocycles. The molecule has 42 heavy (non-hydrogen) atoms. The molecule has 226 valence electrons. The van der Waals surface area contributed by atoms with Crippen molar-refractivity contribution in [1.29, 1.82) is 0 Å². The van der Waals surface area contributed by atoms with Crippen LogP contribution in [0.25, 0.3) is 0 Å². The van der Waals surface area contributed by atoms with E-state index in [9.17, 15) is 19.1 Å². The Morgan fingerprint density at radius 3 is 2.74 bits per heavy atom. The van der Waals surface area contributed by atoms with E-state index in [0.29, 0.717) is 5.01 Å². The van der Waals surface area contributed by atoms with Crippen LogP contribution in [-0.4, -0.2) is 89.0 Å². The highest BCUT2D eigenvalue weighted by molar-refractivity contribution is 7.11. The SMILES string of the molecule is CCOC(=O)C1=C(CN2CC(F)(F)[C@H]3CN(CC(C)(C)C(=O)O)C[C@H]32)NC(c2nccs2)=N[C@H]1c1cccc(F)c1Cl. The van der Waals surface area contributed by atoms with Gasteiger partial charge in [0.25, 0.3) is 5.92 Å². The minimum absolute atomic E-state index is 0.0401. The molecule has 0 radical (unpaired) electrons. The maximum Gasteiger partial charge on any atom is 0.338 e. The van der Waals surface area contributed by atoms with Crippen molar-refractivity contribution >= 4 is 40.7 Å². The van der Waals surface area contributed by atoms with Gasteiger partial charge in [-0.2, -0.15) is 0 Å². The van der Waals surface area contributed by atoms with Crippen LogP contribution in [-0.2, 0) is 14.3 Å². The van der Waals surface area contributed by atoms with Crippen molar-refractivity contribution in [3.8, 4) is 0 Å². The number of halogens is 4. The maximum atomic E-state index is 15.4. The number of aromatic nitrogens is 1. The highest BCUT2D eigenvalue weighted by Gasteiger charge is 2.58. The number of rotatable bonds is 9. The van der Waals surface area contributed by atoms with E-state index in [1.54, 1.807) is 48.2 Å². The zero-order chi connectivity index (χ0) is 30.4. The second-order valence-electron chi connectivity index (χ2n) is 11.3. The number of hydrogen-bond donors (Lipinski definition) is 2. The lowest BCUT2D eigenvalue weighted by Gasteiger charge is -2.32. The molecule has 4 heterocycles. The number of carboxylic acids is 1. The molecular formula is C28H31ClF3N5O4S. The quantitative estimate of drug-likeness (QED) is 0.399. The third-order valence-corrected chi connectivity index (χ3v) is 9.06. The molecule has 1 aromatic carbocycles. The molecule has 0 spiro atoms. The number of ether oxygens (including phenoxy) is 1. The number of carbonyl (C=O) groups excluding carboxylic acids is 1. The Kier molecular flexibility index (Phi) is 8.40. The minimum atomic E-state index is -3.04. The zero-order valence-corrected chi connectivity index (χ0v) is 24.8. The van der Waals surface area contributed by atoms with Crippen LogP contribution in [0.3, 0.4) is 0 Å². The van der Waals surface area contributed by atoms with Gasteiger partial charge in [0.2, 0.25) is 0 Å². The lowest BCUT2D eigenvalue weighted by molar-refractivity contribution is -0.148. The van der Waals surface area contributed by atoms with Crippen molar-refractivity contribution < 1.29 is 32.6 Å². The van der Waals surface area contributed by atoms with Gasteiger partial charge in [0, 0.05) is 55.1 Å². The van der Waals surface area contributed by atoms with Gasteiger partial charge in [0.15, 0.2) is 10.8 Å². The van der Waals surface area contributed by atoms with Crippen LogP contribution >= 0.6 is 22.9 Å². The third kappa shape index (κ3) is 5.79. The molecule has 0 aliphatic carbocycles. The first-order chi connectivity index (χ1) is 19.8. The van der Waals surface area contributed by atoms with Crippen LogP contribution in [0.5, 0.6) is 0 Å². The summed E-state index contributed by atoms with van der Waals surface area (Å²) >= 11 is 7.64. The van der Waals surface area contributed by atoms with Crippen LogP contribution in [0.4, 0.5) is 13.2 Å². The number of aliphatic carboxylic acids is 1. The Bertz CT molecular complexity index is 1430. The smallest absolute Gasteiger partial charge is 0.338 e. The molecule has 1 aromatic heterocycles. The summed E-state index contributed by atoms with van der Waals surface area (Å²) in [5, 5.41) is 14.7. The molecule has 0 bridgehead atoms. The molecule has 0 amide bonds. The first-order valence-electron chi connectivity index (χ1n) is 13.5. The Morgan fingerprint density at radius 1 is 1.31 bits per heavy atom. The molecule has 3 atom stereocenters. The number of hydrogen-bond acceptors (Lipinski definition) is 9. The Morgan fingerprint density at radius 2 is 2.07 bits per heavy atom. The van der Waals surface area contributed by atoms with Crippen LogP contribution < -0.4 is 5.32 Å². The minimum Gasteiger partial charge on any atom is -0.481 e. The standard InChI is InChI=1S/C28H31ClF3N5O4S/c1-4-41-25(38)20-18(11-37-14-28(31,32)16-10-36(12-19(16)37)13-27(2,3)26(39)40)34-23(24-33-8-9-42-24)35-22(20)15-6-5-7-17(30)21(15)29/h5-9,16,19,22H,4,10-14H2,1-3H3,(H,34,35)(H,39,40)/t16-,19+,22-/m0/s1. The monoisotopic (exact) mass is 625 g/mol. The Balaban J connectivity index is 1.54. The zero-order valence-electron chi connectivity index (χ0n) is 23.2. The second kappa shape index (κ2) is 11.6. The number of nitrogens with one attached hydrogen (secondary N) is 1. The van der Waals surface area contributed by atoms with Crippen molar-refractivity contribution in [1.82, 2.24) is 20.1 Å². The van der Waals surface area contributed by atoms with Crippen LogP contribution in [0, 0.1) is 17.2 Å². The average molecular weight is 626 g/mol. The Hall–Kier alpha value is -3.00. The fourth-order valence-corrected chi connectivity index (χ4v) is 6.68. The van der Waals surface area contributed by atoms with Crippen molar-refractivity contribution in [3.63, 3.8) is 0 Å². The van der Waals surface area contributed by atoms with Gasteiger partial charge in [-0.1, -0.05) is 23.7 Å². The van der Waals surface area contributed by atoms with Crippen molar-refractivity contribution in [2.75, 3.05) is 39.3 Å². The molecule has 14 heteroatoms. The summed E-state index contributed by atoms with van der Waals surface area (Å²) in [5.41, 5.74) is -0.571. The highest BCUT2D eigenvalue weighted by Crippen LogP contribution is 2.44. The molecule has 2 aromatic rings. The largest absolute Gasteiger partial charge is 0.481 e. The summed E-state index contributed by atoms with van der Waals surface area (Å²) in [6.45, 7) is 4.60. The number of likely N-dealkylation sites (tertiary alicyclic amines) is 2. The molecule has 0 saturated carbocycles. The average Bonchev–Trinajstić information content (AvgIpc) is 3.64. The van der Waals surface area contributed by atoms with Crippen LogP contribution in [0.1, 0.15) is 37.4 Å². The molecule has 9 nitrogen and oxygen atoms in total. The summed E-state index contributed by atoms with van der Waals surface area (Å²) in [5.74, 6) is -6.19. The van der Waals surface area contributed by atoms with Gasteiger partial charge in [-0.05, 0) is 26.8 Å². The van der Waals surface area contributed by atoms with Crippen LogP contribution in [0.2, 0.25) is 5.02 Å². The van der Waals surface area contributed by atoms with Crippen molar-refractivity contribution in [2.24, 2.45) is 16.3 Å². The van der Waals surface area contributed by atoms with Crippen LogP contribution in [0.15, 0.2) is 46.0 Å². The molecule has 3 aliphatic rings. The summed E-state index contributed by atoms with van der Waals surface area (Å²) in [4.78, 5) is 37.5. The molecule has 0 unspecified atom stereocenters. The molecule has 3 aliphatic heterocycles. The molecule has 2 N–H and O–H groups in total. The first kappa shape index (κ1) is 30.5. The predicted molar refractivity (Wildman–Crippen MR) is 151 cm³/mol. The van der Waals surface area contributed by atoms with E-state index in [4.69, 9.17) is 16.3 Å². The van der Waals surface area contributed by atoms with Crippen molar-refractivity contribution in [3.05, 3.63) is 62.5 Å². The van der Waals surface area contributed by atoms with E-state index in [1.165, 1.54) is 23.5 Å². The van der Waals surface area contributed by atoms with Gasteiger partial charge >= 0.3 is 11.9 Å². The van der Waals surface area contributed by atoms with E-state index in [0.717, 1.165) is 0 Å². The number of alkyl halides is 2. The van der Waals surface area contributed by atoms with Gasteiger partial charge in [0.1, 0.15) is 11.9 Å². The lowest BCUT2D eigenvalue weighted by atomic mass is 9.93. The molecule has 2 fully saturated rings. The summed E-state index contributed by atoms with van der Waals surface area (Å²) in [6.07, 6.45) is 1.58. The van der Waals surface area contributed by atoms with E-state index in [-0.39, 0.29) is 60.5 Å². The molecular weight excluding hydrogens is 595 g/mol. The van der Waals surface area contributed by atoms with E-state index < -0.39 is 53.6 Å². The first-order valence-corrected chi connectivity index (χ1v) is 14.7. The predicted octanol–water partition coefficient (Wildman–Crippen LogP) is 4.21. The highest BCUT2D eigenvalue weighted by atomic mass is 35.5. The van der Waals surface area contributed by atoms with Crippen molar-refractivity contribution in [2.45, 2.75) is 38.8 Å². The topological polar surface area (TPSA) is 107 Å². The van der Waals surface area contributed by atoms with Gasteiger partial charge in [0.05, 0.1) is 35.1 Å². The number of benzene rings is 1. The normalized spacial score (nSPS) is 24.4. The fourth-order valence-electron chi connectivity index (χ4n) is 5.86. The Labute approximate surface area is 250 Å². The van der Waals surface area contributed by atoms with E-state index in [2.05, 4.69) is 15.3 Å². The number of nitrogens with zero attached hydrogens (tertiary/aromatic N) is 4. The summed E-state index contributed by atoms with van der Waals surface area (Å²) in [6, 6.07) is 2.52. The number of aliphatic imine (C=N–C) groups is 1.